The number of sulfonamides is 1. The number of benzene rings is 1. The summed E-state index contributed by atoms with van der Waals surface area (Å²) in [6.45, 7) is 3.52. The Hall–Kier alpha value is -2.35. The van der Waals surface area contributed by atoms with E-state index in [0.29, 0.717) is 5.56 Å². The van der Waals surface area contributed by atoms with Crippen LogP contribution in [0.4, 0.5) is 5.82 Å². The van der Waals surface area contributed by atoms with Gasteiger partial charge in [0.1, 0.15) is 0 Å². The van der Waals surface area contributed by atoms with Gasteiger partial charge in [-0.3, -0.25) is 9.82 Å². The Labute approximate surface area is 115 Å². The maximum absolute atomic E-state index is 12.1. The summed E-state index contributed by atoms with van der Waals surface area (Å²) in [6.07, 6.45) is 0. The first-order valence-electron chi connectivity index (χ1n) is 5.69. The molecule has 2 rings (SSSR count). The van der Waals surface area contributed by atoms with Gasteiger partial charge in [-0.05, 0) is 38.1 Å². The lowest BCUT2D eigenvalue weighted by atomic mass is 10.2. The molecular weight excluding hydrogens is 282 g/mol. The molecule has 0 unspecified atom stereocenters. The van der Waals surface area contributed by atoms with E-state index in [9.17, 15) is 13.2 Å². The number of hydrogen-bond acceptors (Lipinski definition) is 4. The zero-order valence-corrected chi connectivity index (χ0v) is 11.7. The lowest BCUT2D eigenvalue weighted by Crippen LogP contribution is -2.14. The van der Waals surface area contributed by atoms with Gasteiger partial charge in [-0.1, -0.05) is 0 Å². The summed E-state index contributed by atoms with van der Waals surface area (Å²) < 4.78 is 26.6. The SMILES string of the molecule is Cc1[nH]nc(NS(=O)(=O)c2ccc(C(=O)O)cc2)c1C. The minimum atomic E-state index is -3.79. The summed E-state index contributed by atoms with van der Waals surface area (Å²) in [5, 5.41) is 15.3. The Morgan fingerprint density at radius 1 is 1.25 bits per heavy atom. The molecule has 0 aliphatic carbocycles. The third-order valence-electron chi connectivity index (χ3n) is 2.90. The Balaban J connectivity index is 2.31. The number of carbonyl (C=O) groups is 1. The van der Waals surface area contributed by atoms with E-state index in [1.54, 1.807) is 13.8 Å². The predicted octanol–water partition coefficient (Wildman–Crippen LogP) is 1.53. The topological polar surface area (TPSA) is 112 Å². The van der Waals surface area contributed by atoms with Crippen LogP contribution < -0.4 is 4.72 Å². The van der Waals surface area contributed by atoms with Gasteiger partial charge in [-0.2, -0.15) is 5.10 Å². The number of aromatic amines is 1. The second kappa shape index (κ2) is 4.97. The van der Waals surface area contributed by atoms with Gasteiger partial charge in [0, 0.05) is 11.3 Å². The van der Waals surface area contributed by atoms with Crippen LogP contribution in [0.2, 0.25) is 0 Å². The molecule has 0 spiro atoms. The molecule has 2 aromatic rings. The molecule has 0 fully saturated rings. The standard InChI is InChI=1S/C12H13N3O4S/c1-7-8(2)13-14-11(7)15-20(18,19)10-5-3-9(4-6-10)12(16)17/h3-6H,1-2H3,(H,16,17)(H2,13,14,15). The molecule has 0 saturated carbocycles. The van der Waals surface area contributed by atoms with Gasteiger partial charge in [0.2, 0.25) is 0 Å². The van der Waals surface area contributed by atoms with Gasteiger partial charge in [0.05, 0.1) is 10.5 Å². The summed E-state index contributed by atoms with van der Waals surface area (Å²) in [5.74, 6) is -0.884. The molecule has 0 atom stereocenters. The van der Waals surface area contributed by atoms with Crippen molar-refractivity contribution in [1.82, 2.24) is 10.2 Å². The van der Waals surface area contributed by atoms with Crippen molar-refractivity contribution in [3.05, 3.63) is 41.1 Å². The van der Waals surface area contributed by atoms with E-state index < -0.39 is 16.0 Å². The maximum atomic E-state index is 12.1. The van der Waals surface area contributed by atoms with Crippen LogP contribution in [0.3, 0.4) is 0 Å². The Morgan fingerprint density at radius 2 is 1.85 bits per heavy atom. The van der Waals surface area contributed by atoms with Crippen molar-refractivity contribution >= 4 is 21.8 Å². The molecule has 1 heterocycles. The van der Waals surface area contributed by atoms with E-state index in [1.165, 1.54) is 24.3 Å². The summed E-state index contributed by atoms with van der Waals surface area (Å²) in [4.78, 5) is 10.7. The van der Waals surface area contributed by atoms with Gasteiger partial charge in [0.25, 0.3) is 10.0 Å². The second-order valence-electron chi connectivity index (χ2n) is 4.26. The van der Waals surface area contributed by atoms with E-state index >= 15 is 0 Å². The fourth-order valence-electron chi connectivity index (χ4n) is 1.55. The van der Waals surface area contributed by atoms with Gasteiger partial charge >= 0.3 is 5.97 Å². The van der Waals surface area contributed by atoms with Gasteiger partial charge in [-0.25, -0.2) is 13.2 Å². The van der Waals surface area contributed by atoms with Gasteiger partial charge in [0.15, 0.2) is 5.82 Å². The average Bonchev–Trinajstić information content (AvgIpc) is 2.70. The van der Waals surface area contributed by atoms with Crippen molar-refractivity contribution in [2.75, 3.05) is 4.72 Å². The molecule has 0 amide bonds. The molecule has 0 saturated heterocycles. The minimum Gasteiger partial charge on any atom is -0.478 e. The van der Waals surface area contributed by atoms with Crippen molar-refractivity contribution in [3.8, 4) is 0 Å². The fourth-order valence-corrected chi connectivity index (χ4v) is 2.61. The zero-order chi connectivity index (χ0) is 14.9. The lowest BCUT2D eigenvalue weighted by Gasteiger charge is -2.06. The summed E-state index contributed by atoms with van der Waals surface area (Å²) in [6, 6.07) is 4.94. The molecule has 7 nitrogen and oxygen atoms in total. The molecule has 20 heavy (non-hydrogen) atoms. The van der Waals surface area contributed by atoms with E-state index in [-0.39, 0.29) is 16.3 Å². The number of aryl methyl sites for hydroxylation is 1. The molecule has 106 valence electrons. The molecule has 0 aliphatic rings. The monoisotopic (exact) mass is 295 g/mol. The predicted molar refractivity (Wildman–Crippen MR) is 72.3 cm³/mol. The van der Waals surface area contributed by atoms with E-state index in [4.69, 9.17) is 5.11 Å². The van der Waals surface area contributed by atoms with Gasteiger partial charge in [-0.15, -0.1) is 0 Å². The van der Waals surface area contributed by atoms with Crippen molar-refractivity contribution in [3.63, 3.8) is 0 Å². The highest BCUT2D eigenvalue weighted by Crippen LogP contribution is 2.19. The third kappa shape index (κ3) is 2.64. The highest BCUT2D eigenvalue weighted by Gasteiger charge is 2.18. The number of aromatic carboxylic acids is 1. The molecule has 1 aromatic heterocycles. The van der Waals surface area contributed by atoms with Crippen LogP contribution in [0, 0.1) is 13.8 Å². The van der Waals surface area contributed by atoms with Gasteiger partial charge < -0.3 is 5.11 Å². The summed E-state index contributed by atoms with van der Waals surface area (Å²) in [5.41, 5.74) is 1.50. The smallest absolute Gasteiger partial charge is 0.335 e. The number of rotatable bonds is 4. The maximum Gasteiger partial charge on any atom is 0.335 e. The fraction of sp³-hybridized carbons (Fsp3) is 0.167. The largest absolute Gasteiger partial charge is 0.478 e. The number of carboxylic acid groups (broad SMARTS) is 1. The third-order valence-corrected chi connectivity index (χ3v) is 4.25. The van der Waals surface area contributed by atoms with Crippen molar-refractivity contribution in [2.24, 2.45) is 0 Å². The number of hydrogen-bond donors (Lipinski definition) is 3. The zero-order valence-electron chi connectivity index (χ0n) is 10.8. The van der Waals surface area contributed by atoms with E-state index in [2.05, 4.69) is 14.9 Å². The molecule has 0 aliphatic heterocycles. The van der Waals surface area contributed by atoms with Crippen LogP contribution in [0.1, 0.15) is 21.6 Å². The first-order valence-corrected chi connectivity index (χ1v) is 7.17. The normalized spacial score (nSPS) is 11.3. The molecule has 3 N–H and O–H groups in total. The molecule has 8 heteroatoms. The van der Waals surface area contributed by atoms with Crippen LogP contribution in [-0.2, 0) is 10.0 Å². The second-order valence-corrected chi connectivity index (χ2v) is 5.94. The quantitative estimate of drug-likeness (QED) is 0.791. The first-order chi connectivity index (χ1) is 9.31. The highest BCUT2D eigenvalue weighted by atomic mass is 32.2. The van der Waals surface area contributed by atoms with Crippen molar-refractivity contribution < 1.29 is 18.3 Å². The highest BCUT2D eigenvalue weighted by molar-refractivity contribution is 7.92. The van der Waals surface area contributed by atoms with Crippen LogP contribution in [-0.4, -0.2) is 29.7 Å². The first kappa shape index (κ1) is 14.1. The molecular formula is C12H13N3O4S. The van der Waals surface area contributed by atoms with Crippen LogP contribution in [0.15, 0.2) is 29.2 Å². The van der Waals surface area contributed by atoms with E-state index in [1.807, 2.05) is 0 Å². The van der Waals surface area contributed by atoms with Crippen LogP contribution in [0.5, 0.6) is 0 Å². The molecule has 0 radical (unpaired) electrons. The van der Waals surface area contributed by atoms with E-state index in [0.717, 1.165) is 5.69 Å². The number of aromatic nitrogens is 2. The number of carboxylic acids is 1. The van der Waals surface area contributed by atoms with Crippen LogP contribution >= 0.6 is 0 Å². The Bertz CT molecular complexity index is 748. The molecule has 1 aromatic carbocycles. The van der Waals surface area contributed by atoms with Crippen molar-refractivity contribution in [2.45, 2.75) is 18.7 Å². The number of anilines is 1. The number of nitrogens with zero attached hydrogens (tertiary/aromatic N) is 1. The minimum absolute atomic E-state index is 0.0238. The lowest BCUT2D eigenvalue weighted by molar-refractivity contribution is 0.0696. The Morgan fingerprint density at radius 3 is 2.30 bits per heavy atom. The molecule has 0 bridgehead atoms. The van der Waals surface area contributed by atoms with Crippen molar-refractivity contribution in [1.29, 1.82) is 0 Å². The average molecular weight is 295 g/mol. The Kier molecular flexibility index (Phi) is 3.49. The van der Waals surface area contributed by atoms with Crippen LogP contribution in [0.25, 0.3) is 0 Å². The number of nitrogens with one attached hydrogen (secondary N) is 2. The summed E-state index contributed by atoms with van der Waals surface area (Å²) in [7, 11) is -3.79. The number of H-pyrrole nitrogens is 1. The summed E-state index contributed by atoms with van der Waals surface area (Å²) >= 11 is 0.